The molecule has 0 radical (unpaired) electrons. The lowest BCUT2D eigenvalue weighted by Crippen LogP contribution is -2.36. The Morgan fingerprint density at radius 1 is 1.24 bits per heavy atom. The molecule has 3 aromatic rings. The van der Waals surface area contributed by atoms with Crippen LogP contribution in [0.4, 0.5) is 14.5 Å². The summed E-state index contributed by atoms with van der Waals surface area (Å²) in [5, 5.41) is 5.28. The molecule has 0 bridgehead atoms. The van der Waals surface area contributed by atoms with E-state index in [-0.39, 0.29) is 11.7 Å². The minimum atomic E-state index is -0.658. The van der Waals surface area contributed by atoms with E-state index in [4.69, 9.17) is 16.6 Å². The molecule has 3 nitrogen and oxygen atoms in total. The number of nitrogens with one attached hydrogen (secondary N) is 1. The van der Waals surface area contributed by atoms with Crippen molar-refractivity contribution < 1.29 is 13.2 Å². The van der Waals surface area contributed by atoms with Crippen molar-refractivity contribution in [2.24, 2.45) is 0 Å². The summed E-state index contributed by atoms with van der Waals surface area (Å²) in [7, 11) is 0. The van der Waals surface area contributed by atoms with Gasteiger partial charge in [0.1, 0.15) is 17.4 Å². The zero-order valence-corrected chi connectivity index (χ0v) is 15.0. The van der Waals surface area contributed by atoms with Crippen molar-refractivity contribution in [3.63, 3.8) is 0 Å². The molecule has 0 saturated heterocycles. The summed E-state index contributed by atoms with van der Waals surface area (Å²) >= 11 is 7.12. The number of hydrogen-bond donors (Lipinski definition) is 1. The van der Waals surface area contributed by atoms with Gasteiger partial charge in [0.15, 0.2) is 5.11 Å². The maximum absolute atomic E-state index is 13.4. The van der Waals surface area contributed by atoms with E-state index >= 15 is 0 Å². The summed E-state index contributed by atoms with van der Waals surface area (Å²) in [6.45, 7) is 2.46. The molecule has 0 aliphatic heterocycles. The molecule has 3 rings (SSSR count). The van der Waals surface area contributed by atoms with Crippen molar-refractivity contribution in [3.05, 3.63) is 76.4 Å². The predicted octanol–water partition coefficient (Wildman–Crippen LogP) is 5.58. The van der Waals surface area contributed by atoms with Crippen molar-refractivity contribution in [1.82, 2.24) is 4.90 Å². The Morgan fingerprint density at radius 2 is 2.00 bits per heavy atom. The van der Waals surface area contributed by atoms with Gasteiger partial charge >= 0.3 is 0 Å². The van der Waals surface area contributed by atoms with Crippen LogP contribution in [0.2, 0.25) is 0 Å². The topological polar surface area (TPSA) is 28.4 Å². The molecule has 0 fully saturated rings. The van der Waals surface area contributed by atoms with Gasteiger partial charge in [-0.25, -0.2) is 8.78 Å². The average Bonchev–Trinajstić information content (AvgIpc) is 3.24. The Balaban J connectivity index is 1.83. The number of thiocarbonyl (C=S) groups is 1. The Morgan fingerprint density at radius 3 is 2.60 bits per heavy atom. The van der Waals surface area contributed by atoms with Crippen LogP contribution in [-0.2, 0) is 6.54 Å². The molecule has 0 aliphatic carbocycles. The number of hydrogen-bond acceptors (Lipinski definition) is 3. The van der Waals surface area contributed by atoms with E-state index in [1.165, 1.54) is 12.1 Å². The molecule has 1 aromatic carbocycles. The first kappa shape index (κ1) is 17.6. The van der Waals surface area contributed by atoms with Gasteiger partial charge in [-0.2, -0.15) is 0 Å². The highest BCUT2D eigenvalue weighted by Gasteiger charge is 2.21. The Hall–Kier alpha value is -2.25. The van der Waals surface area contributed by atoms with Gasteiger partial charge in [0.2, 0.25) is 0 Å². The minimum absolute atomic E-state index is 0.0245. The van der Waals surface area contributed by atoms with Crippen LogP contribution >= 0.6 is 23.6 Å². The van der Waals surface area contributed by atoms with Crippen molar-refractivity contribution in [3.8, 4) is 0 Å². The predicted molar refractivity (Wildman–Crippen MR) is 99.6 cm³/mol. The van der Waals surface area contributed by atoms with Gasteiger partial charge in [-0.1, -0.05) is 6.07 Å². The van der Waals surface area contributed by atoms with Gasteiger partial charge in [-0.3, -0.25) is 0 Å². The van der Waals surface area contributed by atoms with Crippen LogP contribution in [0.1, 0.15) is 23.6 Å². The molecule has 7 heteroatoms. The smallest absolute Gasteiger partial charge is 0.174 e. The van der Waals surface area contributed by atoms with E-state index in [0.29, 0.717) is 11.7 Å². The van der Waals surface area contributed by atoms with Crippen molar-refractivity contribution in [2.45, 2.75) is 19.5 Å². The van der Waals surface area contributed by atoms with Crippen molar-refractivity contribution >= 4 is 34.4 Å². The van der Waals surface area contributed by atoms with Gasteiger partial charge in [-0.05, 0) is 54.9 Å². The monoisotopic (exact) mass is 378 g/mol. The molecule has 0 amide bonds. The van der Waals surface area contributed by atoms with E-state index < -0.39 is 11.6 Å². The maximum Gasteiger partial charge on any atom is 0.174 e. The summed E-state index contributed by atoms with van der Waals surface area (Å²) in [6, 6.07) is 10.9. The molecule has 0 spiro atoms. The van der Waals surface area contributed by atoms with Crippen LogP contribution in [0, 0.1) is 11.6 Å². The lowest BCUT2D eigenvalue weighted by molar-refractivity contribution is 0.306. The highest BCUT2D eigenvalue weighted by Crippen LogP contribution is 2.27. The van der Waals surface area contributed by atoms with Crippen molar-refractivity contribution in [2.75, 3.05) is 5.32 Å². The fraction of sp³-hybridized carbons (Fsp3) is 0.167. The molecule has 0 aliphatic rings. The zero-order chi connectivity index (χ0) is 17.8. The van der Waals surface area contributed by atoms with Gasteiger partial charge in [0.25, 0.3) is 0 Å². The minimum Gasteiger partial charge on any atom is -0.467 e. The molecule has 25 heavy (non-hydrogen) atoms. The van der Waals surface area contributed by atoms with E-state index in [9.17, 15) is 8.78 Å². The van der Waals surface area contributed by atoms with Crippen LogP contribution < -0.4 is 5.32 Å². The molecular formula is C18H16F2N2OS2. The number of anilines is 1. The molecular weight excluding hydrogens is 362 g/mol. The van der Waals surface area contributed by atoms with Crippen LogP contribution in [0.5, 0.6) is 0 Å². The molecule has 2 aromatic heterocycles. The van der Waals surface area contributed by atoms with Crippen LogP contribution in [0.25, 0.3) is 0 Å². The molecule has 0 unspecified atom stereocenters. The number of benzene rings is 1. The molecule has 130 valence electrons. The zero-order valence-electron chi connectivity index (χ0n) is 13.4. The third-order valence-corrected chi connectivity index (χ3v) is 5.08. The molecule has 0 saturated carbocycles. The number of halogens is 2. The molecule has 1 atom stereocenters. The van der Waals surface area contributed by atoms with Gasteiger partial charge < -0.3 is 14.6 Å². The van der Waals surface area contributed by atoms with Crippen LogP contribution in [0.3, 0.4) is 0 Å². The van der Waals surface area contributed by atoms with Crippen molar-refractivity contribution in [1.29, 1.82) is 0 Å². The highest BCUT2D eigenvalue weighted by atomic mass is 32.1. The van der Waals surface area contributed by atoms with Gasteiger partial charge in [0, 0.05) is 16.6 Å². The quantitative estimate of drug-likeness (QED) is 0.587. The summed E-state index contributed by atoms with van der Waals surface area (Å²) in [6.07, 6.45) is 1.60. The summed E-state index contributed by atoms with van der Waals surface area (Å²) in [5.74, 6) is -0.568. The summed E-state index contributed by atoms with van der Waals surface area (Å²) < 4.78 is 32.3. The second-order valence-corrected chi connectivity index (χ2v) is 6.85. The molecule has 1 N–H and O–H groups in total. The molecule has 2 heterocycles. The average molecular weight is 378 g/mol. The fourth-order valence-electron chi connectivity index (χ4n) is 2.46. The maximum atomic E-state index is 13.4. The third kappa shape index (κ3) is 4.43. The normalized spacial score (nSPS) is 12.0. The number of nitrogens with zero attached hydrogens (tertiary/aromatic N) is 1. The van der Waals surface area contributed by atoms with E-state index in [0.717, 1.165) is 16.7 Å². The third-order valence-electron chi connectivity index (χ3n) is 3.70. The SMILES string of the molecule is C[C@H](c1cccs1)N(Cc1ccco1)C(=S)Nc1cc(F)cc(F)c1. The Kier molecular flexibility index (Phi) is 5.45. The van der Waals surface area contributed by atoms with Gasteiger partial charge in [0.05, 0.1) is 18.8 Å². The standard InChI is InChI=1S/C18H16F2N2OS2/c1-12(17-5-3-7-25-17)22(11-16-4-2-6-23-16)18(24)21-15-9-13(19)8-14(20)10-15/h2-10,12H,11H2,1H3,(H,21,24)/t12-/m1/s1. The summed E-state index contributed by atoms with van der Waals surface area (Å²) in [5.41, 5.74) is 0.269. The second-order valence-electron chi connectivity index (χ2n) is 5.49. The van der Waals surface area contributed by atoms with Crippen LogP contribution in [-0.4, -0.2) is 10.0 Å². The number of thiophene rings is 1. The lowest BCUT2D eigenvalue weighted by atomic mass is 10.2. The number of furan rings is 1. The van der Waals surface area contributed by atoms with Crippen LogP contribution in [0.15, 0.2) is 58.5 Å². The van der Waals surface area contributed by atoms with Gasteiger partial charge in [-0.15, -0.1) is 11.3 Å². The summed E-state index contributed by atoms with van der Waals surface area (Å²) in [4.78, 5) is 3.05. The first-order valence-corrected chi connectivity index (χ1v) is 8.91. The van der Waals surface area contributed by atoms with E-state index in [1.807, 2.05) is 41.5 Å². The largest absolute Gasteiger partial charge is 0.467 e. The lowest BCUT2D eigenvalue weighted by Gasteiger charge is -2.30. The fourth-order valence-corrected chi connectivity index (χ4v) is 3.60. The number of rotatable bonds is 5. The Labute approximate surface area is 153 Å². The highest BCUT2D eigenvalue weighted by molar-refractivity contribution is 7.80. The first-order chi connectivity index (χ1) is 12.0. The first-order valence-electron chi connectivity index (χ1n) is 7.62. The Bertz CT molecular complexity index is 815. The second kappa shape index (κ2) is 7.76. The van der Waals surface area contributed by atoms with E-state index in [2.05, 4.69) is 5.32 Å². The van der Waals surface area contributed by atoms with E-state index in [1.54, 1.807) is 17.6 Å².